The maximum atomic E-state index is 13.2. The fourth-order valence-corrected chi connectivity index (χ4v) is 1.88. The molecule has 0 aliphatic carbocycles. The van der Waals surface area contributed by atoms with Crippen molar-refractivity contribution in [3.63, 3.8) is 0 Å². The van der Waals surface area contributed by atoms with Crippen molar-refractivity contribution in [1.82, 2.24) is 4.98 Å². The molecule has 1 aromatic carbocycles. The molecule has 1 atom stereocenters. The zero-order valence-electron chi connectivity index (χ0n) is 9.19. The quantitative estimate of drug-likeness (QED) is 0.831. The van der Waals surface area contributed by atoms with E-state index in [1.807, 2.05) is 0 Å². The van der Waals surface area contributed by atoms with Crippen LogP contribution < -0.4 is 0 Å². The summed E-state index contributed by atoms with van der Waals surface area (Å²) in [6.45, 7) is 1.78. The van der Waals surface area contributed by atoms with E-state index in [0.29, 0.717) is 16.3 Å². The van der Waals surface area contributed by atoms with Gasteiger partial charge in [0, 0.05) is 6.20 Å². The van der Waals surface area contributed by atoms with Crippen molar-refractivity contribution < 1.29 is 9.50 Å². The van der Waals surface area contributed by atoms with E-state index < -0.39 is 6.10 Å². The van der Waals surface area contributed by atoms with Crippen molar-refractivity contribution in [3.8, 4) is 0 Å². The smallest absolute Gasteiger partial charge is 0.129 e. The predicted octanol–water partition coefficient (Wildman–Crippen LogP) is 3.26. The number of nitrogens with zero attached hydrogens (tertiary/aromatic N) is 1. The van der Waals surface area contributed by atoms with Gasteiger partial charge in [0.2, 0.25) is 0 Å². The lowest BCUT2D eigenvalue weighted by molar-refractivity contribution is 0.219. The number of aliphatic hydroxyl groups is 1. The van der Waals surface area contributed by atoms with Gasteiger partial charge in [-0.05, 0) is 47.9 Å². The van der Waals surface area contributed by atoms with Gasteiger partial charge in [0.1, 0.15) is 17.1 Å². The van der Waals surface area contributed by atoms with Crippen LogP contribution in [0.3, 0.4) is 0 Å². The molecule has 1 unspecified atom stereocenters. The Hall–Kier alpha value is -1.45. The van der Waals surface area contributed by atoms with E-state index >= 15 is 0 Å². The topological polar surface area (TPSA) is 33.1 Å². The Balaban J connectivity index is 2.39. The molecule has 0 saturated carbocycles. The predicted molar refractivity (Wildman–Crippen MR) is 64.4 cm³/mol. The molecule has 1 heterocycles. The minimum absolute atomic E-state index is 0.301. The van der Waals surface area contributed by atoms with Crippen LogP contribution in [0.4, 0.5) is 4.39 Å². The molecule has 0 bridgehead atoms. The Kier molecular flexibility index (Phi) is 3.41. The lowest BCUT2D eigenvalue weighted by Gasteiger charge is -2.12. The van der Waals surface area contributed by atoms with Gasteiger partial charge in [-0.15, -0.1) is 0 Å². The van der Waals surface area contributed by atoms with Crippen LogP contribution in [0.25, 0.3) is 0 Å². The summed E-state index contributed by atoms with van der Waals surface area (Å²) in [6.07, 6.45) is 0.609. The second-order valence-corrected chi connectivity index (χ2v) is 4.26. The average Bonchev–Trinajstić information content (AvgIpc) is 2.26. The van der Waals surface area contributed by atoms with Crippen molar-refractivity contribution in [2.75, 3.05) is 0 Å². The fraction of sp³-hybridized carbons (Fsp3) is 0.154. The van der Waals surface area contributed by atoms with E-state index in [9.17, 15) is 9.50 Å². The van der Waals surface area contributed by atoms with E-state index in [1.54, 1.807) is 25.1 Å². The van der Waals surface area contributed by atoms with Gasteiger partial charge in [0.05, 0.1) is 0 Å². The highest BCUT2D eigenvalue weighted by molar-refractivity contribution is 6.29. The second kappa shape index (κ2) is 4.82. The molecule has 88 valence electrons. The largest absolute Gasteiger partial charge is 0.384 e. The maximum absolute atomic E-state index is 13.2. The molecule has 2 aromatic rings. The van der Waals surface area contributed by atoms with Crippen LogP contribution in [0, 0.1) is 12.7 Å². The number of hydrogen-bond acceptors (Lipinski definition) is 2. The van der Waals surface area contributed by atoms with Gasteiger partial charge in [-0.2, -0.15) is 0 Å². The molecular weight excluding hydrogens is 241 g/mol. The minimum Gasteiger partial charge on any atom is -0.384 e. The van der Waals surface area contributed by atoms with E-state index in [1.165, 1.54) is 18.3 Å². The number of aliphatic hydroxyl groups excluding tert-OH is 1. The molecule has 0 fully saturated rings. The molecule has 0 radical (unpaired) electrons. The number of benzene rings is 1. The minimum atomic E-state index is -0.898. The van der Waals surface area contributed by atoms with Gasteiger partial charge in [0.15, 0.2) is 0 Å². The summed E-state index contributed by atoms with van der Waals surface area (Å²) < 4.78 is 13.2. The summed E-state index contributed by atoms with van der Waals surface area (Å²) in [4.78, 5) is 3.83. The van der Waals surface area contributed by atoms with E-state index in [4.69, 9.17) is 11.6 Å². The number of aromatic nitrogens is 1. The van der Waals surface area contributed by atoms with Crippen LogP contribution in [0.5, 0.6) is 0 Å². The molecule has 4 heteroatoms. The normalized spacial score (nSPS) is 12.5. The summed E-state index contributed by atoms with van der Waals surface area (Å²) in [5.74, 6) is -0.362. The standard InChI is InChI=1S/C13H11ClFNO/c1-8-4-10(6-11(15)5-8)13(17)9-2-3-16-12(14)7-9/h2-7,13,17H,1H3. The fourth-order valence-electron chi connectivity index (χ4n) is 1.70. The van der Waals surface area contributed by atoms with E-state index in [2.05, 4.69) is 4.98 Å². The number of hydrogen-bond donors (Lipinski definition) is 1. The Morgan fingerprint density at radius 1 is 1.24 bits per heavy atom. The number of aryl methyl sites for hydroxylation is 1. The zero-order chi connectivity index (χ0) is 12.4. The maximum Gasteiger partial charge on any atom is 0.129 e. The van der Waals surface area contributed by atoms with Gasteiger partial charge < -0.3 is 5.11 Å². The molecule has 17 heavy (non-hydrogen) atoms. The molecule has 1 N–H and O–H groups in total. The summed E-state index contributed by atoms with van der Waals surface area (Å²) >= 11 is 5.74. The third-order valence-electron chi connectivity index (χ3n) is 2.45. The Morgan fingerprint density at radius 2 is 2.00 bits per heavy atom. The lowest BCUT2D eigenvalue weighted by atomic mass is 10.0. The van der Waals surface area contributed by atoms with Crippen LogP contribution >= 0.6 is 11.6 Å². The van der Waals surface area contributed by atoms with Gasteiger partial charge in [-0.1, -0.05) is 17.7 Å². The molecular formula is C13H11ClFNO. The van der Waals surface area contributed by atoms with Crippen LogP contribution in [0.2, 0.25) is 5.15 Å². The van der Waals surface area contributed by atoms with Gasteiger partial charge in [0.25, 0.3) is 0 Å². The summed E-state index contributed by atoms with van der Waals surface area (Å²) in [7, 11) is 0. The highest BCUT2D eigenvalue weighted by atomic mass is 35.5. The molecule has 0 saturated heterocycles. The number of halogens is 2. The van der Waals surface area contributed by atoms with Crippen LogP contribution in [0.15, 0.2) is 36.5 Å². The van der Waals surface area contributed by atoms with E-state index in [0.717, 1.165) is 5.56 Å². The first-order valence-corrected chi connectivity index (χ1v) is 5.50. The SMILES string of the molecule is Cc1cc(F)cc(C(O)c2ccnc(Cl)c2)c1. The van der Waals surface area contributed by atoms with Crippen molar-refractivity contribution in [2.45, 2.75) is 13.0 Å². The highest BCUT2D eigenvalue weighted by Gasteiger charge is 2.12. The van der Waals surface area contributed by atoms with E-state index in [-0.39, 0.29) is 5.82 Å². The Morgan fingerprint density at radius 3 is 2.65 bits per heavy atom. The number of rotatable bonds is 2. The molecule has 1 aromatic heterocycles. The Bertz CT molecular complexity index is 524. The first kappa shape index (κ1) is 12.0. The summed E-state index contributed by atoms with van der Waals surface area (Å²) in [5.41, 5.74) is 1.86. The van der Waals surface area contributed by atoms with Crippen molar-refractivity contribution in [3.05, 3.63) is 64.2 Å². The van der Waals surface area contributed by atoms with Gasteiger partial charge in [-0.25, -0.2) is 9.37 Å². The molecule has 2 rings (SSSR count). The monoisotopic (exact) mass is 251 g/mol. The molecule has 0 aliphatic rings. The van der Waals surface area contributed by atoms with Crippen molar-refractivity contribution in [2.24, 2.45) is 0 Å². The molecule has 0 aliphatic heterocycles. The third-order valence-corrected chi connectivity index (χ3v) is 2.65. The first-order chi connectivity index (χ1) is 8.06. The van der Waals surface area contributed by atoms with Crippen LogP contribution in [-0.2, 0) is 0 Å². The third kappa shape index (κ3) is 2.81. The van der Waals surface area contributed by atoms with Gasteiger partial charge in [-0.3, -0.25) is 0 Å². The van der Waals surface area contributed by atoms with Crippen molar-refractivity contribution >= 4 is 11.6 Å². The second-order valence-electron chi connectivity index (χ2n) is 3.88. The highest BCUT2D eigenvalue weighted by Crippen LogP contribution is 2.24. The molecule has 2 nitrogen and oxygen atoms in total. The van der Waals surface area contributed by atoms with Crippen LogP contribution in [0.1, 0.15) is 22.8 Å². The molecule has 0 spiro atoms. The van der Waals surface area contributed by atoms with Gasteiger partial charge >= 0.3 is 0 Å². The first-order valence-electron chi connectivity index (χ1n) is 5.13. The average molecular weight is 252 g/mol. The van der Waals surface area contributed by atoms with Crippen molar-refractivity contribution in [1.29, 1.82) is 0 Å². The van der Waals surface area contributed by atoms with Crippen LogP contribution in [-0.4, -0.2) is 10.1 Å². The zero-order valence-corrected chi connectivity index (χ0v) is 9.95. The summed E-state index contributed by atoms with van der Waals surface area (Å²) in [5, 5.41) is 10.4. The summed E-state index contributed by atoms with van der Waals surface area (Å²) in [6, 6.07) is 7.67. The molecule has 0 amide bonds. The number of pyridine rings is 1. The lowest BCUT2D eigenvalue weighted by Crippen LogP contribution is -2.01. The Labute approximate surface area is 104 Å².